The van der Waals surface area contributed by atoms with E-state index in [1.54, 1.807) is 0 Å². The van der Waals surface area contributed by atoms with Gasteiger partial charge in [0.05, 0.1) is 12.3 Å². The fourth-order valence-corrected chi connectivity index (χ4v) is 1.99. The smallest absolute Gasteiger partial charge is 0.0628 e. The fraction of sp³-hybridized carbons (Fsp3) is 0.750. The number of hydrogen-bond donors (Lipinski definition) is 1. The van der Waals surface area contributed by atoms with Gasteiger partial charge in [0.15, 0.2) is 0 Å². The van der Waals surface area contributed by atoms with Crippen molar-refractivity contribution in [1.82, 2.24) is 14.7 Å². The molecular weight excluding hydrogens is 202 g/mol. The Morgan fingerprint density at radius 3 is 2.50 bits per heavy atom. The summed E-state index contributed by atoms with van der Waals surface area (Å²) in [5.41, 5.74) is 3.76. The van der Waals surface area contributed by atoms with E-state index < -0.39 is 0 Å². The van der Waals surface area contributed by atoms with Gasteiger partial charge in [-0.25, -0.2) is 0 Å². The lowest BCUT2D eigenvalue weighted by molar-refractivity contribution is 0.223. The molecule has 0 fully saturated rings. The van der Waals surface area contributed by atoms with E-state index in [-0.39, 0.29) is 6.61 Å². The number of likely N-dealkylation sites (N-methyl/N-ethyl adjacent to an activating group) is 1. The summed E-state index contributed by atoms with van der Waals surface area (Å²) in [5, 5.41) is 13.3. The molecular formula is C12H23N3O. The average molecular weight is 225 g/mol. The molecule has 1 aromatic rings. The minimum Gasteiger partial charge on any atom is -0.395 e. The van der Waals surface area contributed by atoms with Gasteiger partial charge in [0.2, 0.25) is 0 Å². The predicted molar refractivity (Wildman–Crippen MR) is 65.7 cm³/mol. The SMILES string of the molecule is CCn1nc(C)c(CCN(C)CCO)c1C. The standard InChI is InChI=1S/C12H23N3O/c1-5-15-11(3)12(10(2)13-15)6-7-14(4)8-9-16/h16H,5-9H2,1-4H3. The van der Waals surface area contributed by atoms with Gasteiger partial charge in [-0.1, -0.05) is 0 Å². The molecule has 0 saturated carbocycles. The van der Waals surface area contributed by atoms with Gasteiger partial charge in [-0.05, 0) is 39.8 Å². The van der Waals surface area contributed by atoms with Crippen molar-refractivity contribution in [2.24, 2.45) is 0 Å². The molecule has 0 unspecified atom stereocenters. The van der Waals surface area contributed by atoms with E-state index in [9.17, 15) is 0 Å². The number of aryl methyl sites for hydroxylation is 2. The zero-order valence-electron chi connectivity index (χ0n) is 10.8. The molecule has 16 heavy (non-hydrogen) atoms. The Balaban J connectivity index is 2.63. The first-order valence-corrected chi connectivity index (χ1v) is 5.92. The zero-order valence-corrected chi connectivity index (χ0v) is 10.8. The van der Waals surface area contributed by atoms with Gasteiger partial charge < -0.3 is 10.0 Å². The summed E-state index contributed by atoms with van der Waals surface area (Å²) < 4.78 is 2.05. The van der Waals surface area contributed by atoms with E-state index in [0.717, 1.165) is 31.7 Å². The summed E-state index contributed by atoms with van der Waals surface area (Å²) in [6.07, 6.45) is 1.01. The van der Waals surface area contributed by atoms with Crippen LogP contribution in [-0.4, -0.2) is 46.5 Å². The number of rotatable bonds is 6. The van der Waals surface area contributed by atoms with Crippen LogP contribution >= 0.6 is 0 Å². The monoisotopic (exact) mass is 225 g/mol. The summed E-state index contributed by atoms with van der Waals surface area (Å²) >= 11 is 0. The van der Waals surface area contributed by atoms with E-state index in [1.807, 2.05) is 7.05 Å². The van der Waals surface area contributed by atoms with E-state index in [2.05, 4.69) is 35.5 Å². The van der Waals surface area contributed by atoms with E-state index >= 15 is 0 Å². The van der Waals surface area contributed by atoms with Crippen molar-refractivity contribution in [3.05, 3.63) is 17.0 Å². The molecule has 4 heteroatoms. The summed E-state index contributed by atoms with van der Waals surface area (Å²) in [6, 6.07) is 0. The van der Waals surface area contributed by atoms with Gasteiger partial charge in [0, 0.05) is 25.3 Å². The van der Waals surface area contributed by atoms with Crippen molar-refractivity contribution in [2.45, 2.75) is 33.7 Å². The van der Waals surface area contributed by atoms with Crippen LogP contribution in [0.1, 0.15) is 23.9 Å². The maximum absolute atomic E-state index is 8.83. The average Bonchev–Trinajstić information content (AvgIpc) is 2.52. The fourth-order valence-electron chi connectivity index (χ4n) is 1.99. The highest BCUT2D eigenvalue weighted by molar-refractivity contribution is 5.24. The number of aliphatic hydroxyl groups excluding tert-OH is 1. The van der Waals surface area contributed by atoms with Crippen LogP contribution in [-0.2, 0) is 13.0 Å². The van der Waals surface area contributed by atoms with Gasteiger partial charge in [0.25, 0.3) is 0 Å². The molecule has 1 heterocycles. The highest BCUT2D eigenvalue weighted by atomic mass is 16.3. The number of hydrogen-bond acceptors (Lipinski definition) is 3. The summed E-state index contributed by atoms with van der Waals surface area (Å²) in [6.45, 7) is 9.17. The minimum absolute atomic E-state index is 0.225. The van der Waals surface area contributed by atoms with Gasteiger partial charge in [0.1, 0.15) is 0 Å². The summed E-state index contributed by atoms with van der Waals surface area (Å²) in [4.78, 5) is 2.14. The molecule has 0 saturated heterocycles. The highest BCUT2D eigenvalue weighted by Crippen LogP contribution is 2.13. The van der Waals surface area contributed by atoms with Crippen molar-refractivity contribution in [3.63, 3.8) is 0 Å². The molecule has 1 rings (SSSR count). The molecule has 1 N–H and O–H groups in total. The molecule has 0 bridgehead atoms. The summed E-state index contributed by atoms with van der Waals surface area (Å²) in [7, 11) is 2.03. The van der Waals surface area contributed by atoms with Gasteiger partial charge in [-0.3, -0.25) is 4.68 Å². The van der Waals surface area contributed by atoms with Crippen LogP contribution in [0.3, 0.4) is 0 Å². The molecule has 0 spiro atoms. The third-order valence-electron chi connectivity index (χ3n) is 3.06. The Labute approximate surface area is 97.9 Å². The number of aromatic nitrogens is 2. The Morgan fingerprint density at radius 2 is 2.00 bits per heavy atom. The molecule has 0 aliphatic heterocycles. The lowest BCUT2D eigenvalue weighted by Crippen LogP contribution is -2.24. The van der Waals surface area contributed by atoms with Crippen LogP contribution in [0.25, 0.3) is 0 Å². The molecule has 0 atom stereocenters. The van der Waals surface area contributed by atoms with Crippen LogP contribution < -0.4 is 0 Å². The summed E-state index contributed by atoms with van der Waals surface area (Å²) in [5.74, 6) is 0. The second kappa shape index (κ2) is 6.01. The van der Waals surface area contributed by atoms with E-state index in [0.29, 0.717) is 0 Å². The second-order valence-electron chi connectivity index (χ2n) is 4.24. The van der Waals surface area contributed by atoms with Crippen LogP contribution in [0.2, 0.25) is 0 Å². The molecule has 0 aliphatic carbocycles. The maximum Gasteiger partial charge on any atom is 0.0628 e. The Kier molecular flexibility index (Phi) is 4.96. The lowest BCUT2D eigenvalue weighted by atomic mass is 10.1. The van der Waals surface area contributed by atoms with Gasteiger partial charge >= 0.3 is 0 Å². The van der Waals surface area contributed by atoms with Crippen LogP contribution in [0.4, 0.5) is 0 Å². The first-order valence-electron chi connectivity index (χ1n) is 5.92. The van der Waals surface area contributed by atoms with Crippen molar-refractivity contribution >= 4 is 0 Å². The van der Waals surface area contributed by atoms with Gasteiger partial charge in [-0.15, -0.1) is 0 Å². The van der Waals surface area contributed by atoms with Crippen LogP contribution in [0.15, 0.2) is 0 Å². The van der Waals surface area contributed by atoms with E-state index in [4.69, 9.17) is 5.11 Å². The molecule has 1 aromatic heterocycles. The lowest BCUT2D eigenvalue weighted by Gasteiger charge is -2.14. The number of nitrogens with zero attached hydrogens (tertiary/aromatic N) is 3. The van der Waals surface area contributed by atoms with Crippen LogP contribution in [0.5, 0.6) is 0 Å². The Bertz CT molecular complexity index is 333. The number of aliphatic hydroxyl groups is 1. The van der Waals surface area contributed by atoms with E-state index in [1.165, 1.54) is 11.3 Å². The zero-order chi connectivity index (χ0) is 12.1. The third kappa shape index (κ3) is 3.06. The minimum atomic E-state index is 0.225. The first-order chi connectivity index (χ1) is 7.60. The third-order valence-corrected chi connectivity index (χ3v) is 3.06. The maximum atomic E-state index is 8.83. The quantitative estimate of drug-likeness (QED) is 0.785. The molecule has 92 valence electrons. The topological polar surface area (TPSA) is 41.3 Å². The Hall–Kier alpha value is -0.870. The molecule has 0 radical (unpaired) electrons. The first kappa shape index (κ1) is 13.2. The molecule has 0 aromatic carbocycles. The van der Waals surface area contributed by atoms with Crippen molar-refractivity contribution in [2.75, 3.05) is 26.7 Å². The van der Waals surface area contributed by atoms with Gasteiger partial charge in [-0.2, -0.15) is 5.10 Å². The van der Waals surface area contributed by atoms with Crippen molar-refractivity contribution < 1.29 is 5.11 Å². The normalized spacial score (nSPS) is 11.4. The Morgan fingerprint density at radius 1 is 1.31 bits per heavy atom. The van der Waals surface area contributed by atoms with Crippen molar-refractivity contribution in [3.8, 4) is 0 Å². The second-order valence-corrected chi connectivity index (χ2v) is 4.24. The van der Waals surface area contributed by atoms with Crippen molar-refractivity contribution in [1.29, 1.82) is 0 Å². The molecule has 0 amide bonds. The largest absolute Gasteiger partial charge is 0.395 e. The molecule has 4 nitrogen and oxygen atoms in total. The highest BCUT2D eigenvalue weighted by Gasteiger charge is 2.10. The van der Waals surface area contributed by atoms with Crippen LogP contribution in [0, 0.1) is 13.8 Å². The molecule has 0 aliphatic rings. The predicted octanol–water partition coefficient (Wildman–Crippen LogP) is 0.986.